The van der Waals surface area contributed by atoms with Crippen LogP contribution in [-0.2, 0) is 0 Å². The maximum Gasteiger partial charge on any atom is 0.294 e. The van der Waals surface area contributed by atoms with Crippen molar-refractivity contribution in [3.8, 4) is 22.8 Å². The smallest absolute Gasteiger partial charge is 0.294 e. The Labute approximate surface area is 221 Å². The second kappa shape index (κ2) is 10.0. The largest absolute Gasteiger partial charge is 0.454 e. The first-order chi connectivity index (χ1) is 17.8. The number of thiazole rings is 1. The molecule has 0 saturated heterocycles. The van der Waals surface area contributed by atoms with E-state index in [1.807, 2.05) is 0 Å². The van der Waals surface area contributed by atoms with Crippen molar-refractivity contribution in [1.82, 2.24) is 4.68 Å². The quantitative estimate of drug-likeness (QED) is 0.158. The van der Waals surface area contributed by atoms with Gasteiger partial charge in [-0.15, -0.1) is 11.3 Å². The summed E-state index contributed by atoms with van der Waals surface area (Å²) in [5.74, 6) is 0.598. The molecule has 1 aliphatic heterocycles. The van der Waals surface area contributed by atoms with Gasteiger partial charge in [0.25, 0.3) is 11.4 Å². The molecule has 0 amide bonds. The van der Waals surface area contributed by atoms with Gasteiger partial charge in [0.2, 0.25) is 11.6 Å². The second-order valence-electron chi connectivity index (χ2n) is 7.46. The molecule has 37 heavy (non-hydrogen) atoms. The van der Waals surface area contributed by atoms with E-state index in [2.05, 4.69) is 10.1 Å². The molecule has 14 heteroatoms. The number of halogens is 2. The third kappa shape index (κ3) is 4.89. The fourth-order valence-corrected chi connectivity index (χ4v) is 4.86. The second-order valence-corrected chi connectivity index (χ2v) is 9.14. The molecule has 0 radical (unpaired) electrons. The minimum absolute atomic E-state index is 0.0511. The molecule has 0 unspecified atom stereocenters. The van der Waals surface area contributed by atoms with Crippen molar-refractivity contribution in [2.24, 2.45) is 10.1 Å². The summed E-state index contributed by atoms with van der Waals surface area (Å²) < 4.78 is 12.0. The van der Waals surface area contributed by atoms with Crippen LogP contribution in [0.2, 0.25) is 10.0 Å². The molecular formula is C23H13Cl2N5O6S. The molecule has 3 aromatic carbocycles. The lowest BCUT2D eigenvalue weighted by Crippen LogP contribution is -2.12. The first kappa shape index (κ1) is 24.4. The van der Waals surface area contributed by atoms with E-state index in [1.165, 1.54) is 41.2 Å². The number of para-hydroxylation sites is 2. The Kier molecular flexibility index (Phi) is 6.61. The third-order valence-corrected chi connectivity index (χ3v) is 6.58. The number of rotatable bonds is 6. The van der Waals surface area contributed by atoms with E-state index in [1.54, 1.807) is 29.6 Å². The van der Waals surface area contributed by atoms with Crippen molar-refractivity contribution in [2.75, 3.05) is 6.79 Å². The summed E-state index contributed by atoms with van der Waals surface area (Å²) in [7, 11) is 0. The Morgan fingerprint density at radius 3 is 2.43 bits per heavy atom. The first-order valence-corrected chi connectivity index (χ1v) is 12.0. The number of nitrogens with zero attached hydrogens (tertiary/aromatic N) is 5. The number of nitro groups is 2. The molecule has 0 aliphatic carbocycles. The molecular weight excluding hydrogens is 545 g/mol. The number of hydrogen-bond donors (Lipinski definition) is 0. The third-order valence-electron chi connectivity index (χ3n) is 5.22. The van der Waals surface area contributed by atoms with Crippen molar-refractivity contribution >= 4 is 57.8 Å². The summed E-state index contributed by atoms with van der Waals surface area (Å²) in [5, 5.41) is 30.1. The number of hydrogen-bond acceptors (Lipinski definition) is 9. The van der Waals surface area contributed by atoms with Crippen LogP contribution in [-0.4, -0.2) is 27.5 Å². The van der Waals surface area contributed by atoms with Gasteiger partial charge in [0, 0.05) is 22.0 Å². The van der Waals surface area contributed by atoms with Crippen molar-refractivity contribution in [3.63, 3.8) is 0 Å². The average molecular weight is 558 g/mol. The van der Waals surface area contributed by atoms with Gasteiger partial charge in [-0.2, -0.15) is 5.10 Å². The van der Waals surface area contributed by atoms with Crippen LogP contribution < -0.4 is 14.3 Å². The van der Waals surface area contributed by atoms with Crippen LogP contribution in [0.3, 0.4) is 0 Å². The van der Waals surface area contributed by atoms with Gasteiger partial charge >= 0.3 is 0 Å². The lowest BCUT2D eigenvalue weighted by Gasteiger charge is -2.07. The van der Waals surface area contributed by atoms with Crippen molar-refractivity contribution in [2.45, 2.75) is 0 Å². The van der Waals surface area contributed by atoms with Crippen LogP contribution in [0.15, 0.2) is 70.1 Å². The zero-order chi connectivity index (χ0) is 26.1. The molecule has 1 aromatic heterocycles. The van der Waals surface area contributed by atoms with Gasteiger partial charge in [0.15, 0.2) is 11.5 Å². The van der Waals surface area contributed by atoms with Gasteiger partial charge in [0.05, 0.1) is 38.4 Å². The number of aromatic nitrogens is 1. The molecule has 186 valence electrons. The summed E-state index contributed by atoms with van der Waals surface area (Å²) in [4.78, 5) is 26.8. The molecule has 4 aromatic rings. The topological polar surface area (TPSA) is 134 Å². The van der Waals surface area contributed by atoms with E-state index in [4.69, 9.17) is 32.7 Å². The Hall–Kier alpha value is -4.26. The van der Waals surface area contributed by atoms with Crippen LogP contribution in [0.1, 0.15) is 5.56 Å². The molecule has 0 fully saturated rings. The van der Waals surface area contributed by atoms with Crippen LogP contribution in [0.5, 0.6) is 11.5 Å². The van der Waals surface area contributed by atoms with Crippen LogP contribution in [0.25, 0.3) is 11.3 Å². The molecule has 0 atom stereocenters. The Morgan fingerprint density at radius 1 is 0.973 bits per heavy atom. The highest BCUT2D eigenvalue weighted by molar-refractivity contribution is 7.07. The summed E-state index contributed by atoms with van der Waals surface area (Å²) in [6.07, 6.45) is 1.28. The van der Waals surface area contributed by atoms with Gasteiger partial charge in [-0.05, 0) is 30.3 Å². The fraction of sp³-hybridized carbons (Fsp3) is 0.0435. The Bertz CT molecular complexity index is 1670. The summed E-state index contributed by atoms with van der Waals surface area (Å²) in [6.45, 7) is -0.0511. The lowest BCUT2D eigenvalue weighted by atomic mass is 10.1. The molecule has 1 aliphatic rings. The Morgan fingerprint density at radius 2 is 1.70 bits per heavy atom. The molecule has 5 rings (SSSR count). The molecule has 0 spiro atoms. The van der Waals surface area contributed by atoms with Crippen LogP contribution in [0, 0.1) is 20.2 Å². The first-order valence-electron chi connectivity index (χ1n) is 10.4. The predicted octanol–water partition coefficient (Wildman–Crippen LogP) is 6.18. The maximum atomic E-state index is 11.7. The van der Waals surface area contributed by atoms with E-state index < -0.39 is 9.85 Å². The normalized spacial score (nSPS) is 12.9. The number of fused-ring (bicyclic) bond motifs is 1. The number of benzene rings is 3. The molecule has 0 saturated carbocycles. The molecule has 11 nitrogen and oxygen atoms in total. The minimum atomic E-state index is -0.558. The highest BCUT2D eigenvalue weighted by Crippen LogP contribution is 2.37. The maximum absolute atomic E-state index is 11.7. The molecule has 0 N–H and O–H groups in total. The molecule has 0 bridgehead atoms. The van der Waals surface area contributed by atoms with Crippen LogP contribution >= 0.6 is 34.5 Å². The van der Waals surface area contributed by atoms with Crippen molar-refractivity contribution in [3.05, 3.63) is 101 Å². The summed E-state index contributed by atoms with van der Waals surface area (Å²) in [5.41, 5.74) is 0.877. The van der Waals surface area contributed by atoms with Gasteiger partial charge < -0.3 is 9.47 Å². The summed E-state index contributed by atoms with van der Waals surface area (Å²) >= 11 is 13.6. The van der Waals surface area contributed by atoms with E-state index in [9.17, 15) is 20.2 Å². The van der Waals surface area contributed by atoms with E-state index in [0.717, 1.165) is 11.3 Å². The monoisotopic (exact) mass is 557 g/mol. The van der Waals surface area contributed by atoms with Crippen molar-refractivity contribution < 1.29 is 19.3 Å². The Balaban J connectivity index is 1.71. The zero-order valence-electron chi connectivity index (χ0n) is 18.4. The van der Waals surface area contributed by atoms with Crippen molar-refractivity contribution in [1.29, 1.82) is 0 Å². The fourth-order valence-electron chi connectivity index (χ4n) is 3.52. The average Bonchev–Trinajstić information content (AvgIpc) is 3.48. The SMILES string of the molecule is O=[N+]([O-])c1cc2c(cc1C=Nn1c(-c3ccc(Cl)cc3Cl)csc1=Nc1ccccc1[N+](=O)[O-])OCO2. The highest BCUT2D eigenvalue weighted by Gasteiger charge is 2.23. The van der Waals surface area contributed by atoms with Gasteiger partial charge in [-0.1, -0.05) is 35.3 Å². The number of ether oxygens (including phenoxy) is 2. The van der Waals surface area contributed by atoms with E-state index in [-0.39, 0.29) is 40.0 Å². The van der Waals surface area contributed by atoms with Crippen LogP contribution in [0.4, 0.5) is 17.1 Å². The zero-order valence-corrected chi connectivity index (χ0v) is 20.7. The van der Waals surface area contributed by atoms with Gasteiger partial charge in [0.1, 0.15) is 5.69 Å². The summed E-state index contributed by atoms with van der Waals surface area (Å²) in [6, 6.07) is 13.6. The number of nitro benzene ring substituents is 2. The predicted molar refractivity (Wildman–Crippen MR) is 138 cm³/mol. The highest BCUT2D eigenvalue weighted by atomic mass is 35.5. The minimum Gasteiger partial charge on any atom is -0.454 e. The lowest BCUT2D eigenvalue weighted by molar-refractivity contribution is -0.385. The van der Waals surface area contributed by atoms with E-state index in [0.29, 0.717) is 27.1 Å². The van der Waals surface area contributed by atoms with Gasteiger partial charge in [-0.25, -0.2) is 9.67 Å². The van der Waals surface area contributed by atoms with Gasteiger partial charge in [-0.3, -0.25) is 20.2 Å². The molecule has 2 heterocycles. The standard InChI is InChI=1S/C23H13Cl2N5O6S/c24-14-5-6-15(16(25)8-14)20-11-37-23(27-17-3-1-2-4-18(17)29(31)32)28(20)26-10-13-7-21-22(36-12-35-21)9-19(13)30(33)34/h1-11H,12H2. The van der Waals surface area contributed by atoms with E-state index >= 15 is 0 Å².